The Balaban J connectivity index is 2.59. The van der Waals surface area contributed by atoms with Gasteiger partial charge < -0.3 is 9.47 Å². The van der Waals surface area contributed by atoms with Gasteiger partial charge in [-0.3, -0.25) is 0 Å². The third-order valence-corrected chi connectivity index (χ3v) is 2.77. The van der Waals surface area contributed by atoms with E-state index >= 15 is 0 Å². The molecule has 2 nitrogen and oxygen atoms in total. The number of ether oxygens (including phenoxy) is 2. The first kappa shape index (κ1) is 11.8. The normalized spacial score (nSPS) is 10.1. The van der Waals surface area contributed by atoms with Crippen molar-refractivity contribution >= 4 is 11.6 Å². The highest BCUT2D eigenvalue weighted by atomic mass is 35.5. The molecule has 0 amide bonds. The van der Waals surface area contributed by atoms with Gasteiger partial charge in [0.15, 0.2) is 11.5 Å². The highest BCUT2D eigenvalue weighted by Gasteiger charge is 2.11. The van der Waals surface area contributed by atoms with E-state index in [0.717, 1.165) is 16.9 Å². The smallest absolute Gasteiger partial charge is 0.168 e. The molecule has 0 aliphatic heterocycles. The van der Waals surface area contributed by atoms with E-state index in [0.29, 0.717) is 10.8 Å². The van der Waals surface area contributed by atoms with Crippen molar-refractivity contribution in [2.45, 2.75) is 0 Å². The molecular weight excluding hydrogens is 236 g/mol. The molecule has 0 spiro atoms. The highest BCUT2D eigenvalue weighted by molar-refractivity contribution is 6.30. The molecule has 0 aromatic heterocycles. The Morgan fingerprint density at radius 3 is 2.35 bits per heavy atom. The molecule has 0 atom stereocenters. The van der Waals surface area contributed by atoms with E-state index in [1.165, 1.54) is 0 Å². The highest BCUT2D eigenvalue weighted by Crippen LogP contribution is 2.38. The van der Waals surface area contributed by atoms with Crippen LogP contribution >= 0.6 is 11.6 Å². The zero-order chi connectivity index (χ0) is 12.3. The molecule has 0 bridgehead atoms. The third-order valence-electron chi connectivity index (χ3n) is 2.54. The molecule has 17 heavy (non-hydrogen) atoms. The Morgan fingerprint density at radius 2 is 1.71 bits per heavy atom. The molecule has 0 radical (unpaired) electrons. The van der Waals surface area contributed by atoms with Crippen LogP contribution in [0, 0.1) is 0 Å². The lowest BCUT2D eigenvalue weighted by Crippen LogP contribution is -1.92. The van der Waals surface area contributed by atoms with Crippen LogP contribution in [0.5, 0.6) is 11.5 Å². The summed E-state index contributed by atoms with van der Waals surface area (Å²) in [6.45, 7) is 0. The van der Waals surface area contributed by atoms with Gasteiger partial charge in [0.2, 0.25) is 0 Å². The fourth-order valence-corrected chi connectivity index (χ4v) is 1.96. The van der Waals surface area contributed by atoms with Crippen LogP contribution < -0.4 is 9.47 Å². The van der Waals surface area contributed by atoms with Crippen LogP contribution in [0.4, 0.5) is 0 Å². The van der Waals surface area contributed by atoms with Crippen molar-refractivity contribution in [1.29, 1.82) is 0 Å². The van der Waals surface area contributed by atoms with Crippen molar-refractivity contribution in [3.63, 3.8) is 0 Å². The first-order valence-electron chi connectivity index (χ1n) is 5.23. The van der Waals surface area contributed by atoms with Crippen LogP contribution in [0.1, 0.15) is 0 Å². The Morgan fingerprint density at radius 1 is 0.941 bits per heavy atom. The molecule has 0 aliphatic carbocycles. The van der Waals surface area contributed by atoms with E-state index in [4.69, 9.17) is 21.1 Å². The SMILES string of the molecule is COc1cccc(-c2cccc(Cl)c2)c1OC. The standard InChI is InChI=1S/C14H13ClO2/c1-16-13-8-4-7-12(14(13)17-2)10-5-3-6-11(15)9-10/h3-9H,1-2H3. The summed E-state index contributed by atoms with van der Waals surface area (Å²) in [6, 6.07) is 13.4. The summed E-state index contributed by atoms with van der Waals surface area (Å²) in [5.74, 6) is 1.43. The molecular formula is C14H13ClO2. The van der Waals surface area contributed by atoms with E-state index in [-0.39, 0.29) is 0 Å². The molecule has 0 heterocycles. The largest absolute Gasteiger partial charge is 0.493 e. The van der Waals surface area contributed by atoms with Gasteiger partial charge in [-0.05, 0) is 23.8 Å². The fourth-order valence-electron chi connectivity index (χ4n) is 1.77. The maximum absolute atomic E-state index is 5.99. The van der Waals surface area contributed by atoms with Crippen molar-refractivity contribution in [2.75, 3.05) is 14.2 Å². The predicted octanol–water partition coefficient (Wildman–Crippen LogP) is 4.02. The third kappa shape index (κ3) is 2.37. The van der Waals surface area contributed by atoms with E-state index in [1.54, 1.807) is 14.2 Å². The molecule has 0 saturated carbocycles. The van der Waals surface area contributed by atoms with Gasteiger partial charge in [-0.15, -0.1) is 0 Å². The Labute approximate surface area is 106 Å². The number of hydrogen-bond donors (Lipinski definition) is 0. The molecule has 2 aromatic carbocycles. The second-order valence-electron chi connectivity index (χ2n) is 3.55. The topological polar surface area (TPSA) is 18.5 Å². The monoisotopic (exact) mass is 248 g/mol. The van der Waals surface area contributed by atoms with Gasteiger partial charge in [-0.25, -0.2) is 0 Å². The average molecular weight is 249 g/mol. The van der Waals surface area contributed by atoms with E-state index in [2.05, 4.69) is 0 Å². The molecule has 0 saturated heterocycles. The van der Waals surface area contributed by atoms with Gasteiger partial charge in [-0.1, -0.05) is 35.9 Å². The van der Waals surface area contributed by atoms with Gasteiger partial charge in [-0.2, -0.15) is 0 Å². The van der Waals surface area contributed by atoms with E-state index < -0.39 is 0 Å². The van der Waals surface area contributed by atoms with Crippen LogP contribution in [0.2, 0.25) is 5.02 Å². The summed E-state index contributed by atoms with van der Waals surface area (Å²) in [5.41, 5.74) is 1.97. The van der Waals surface area contributed by atoms with Crippen molar-refractivity contribution in [3.8, 4) is 22.6 Å². The minimum Gasteiger partial charge on any atom is -0.493 e. The molecule has 3 heteroatoms. The minimum atomic E-state index is 0.701. The fraction of sp³-hybridized carbons (Fsp3) is 0.143. The molecule has 0 fully saturated rings. The summed E-state index contributed by atoms with van der Waals surface area (Å²) in [6.07, 6.45) is 0. The van der Waals surface area contributed by atoms with Gasteiger partial charge in [0.25, 0.3) is 0 Å². The summed E-state index contributed by atoms with van der Waals surface area (Å²) in [5, 5.41) is 0.701. The first-order valence-corrected chi connectivity index (χ1v) is 5.61. The zero-order valence-corrected chi connectivity index (χ0v) is 10.5. The number of methoxy groups -OCH3 is 2. The Bertz CT molecular complexity index is 523. The maximum atomic E-state index is 5.99. The predicted molar refractivity (Wildman–Crippen MR) is 70.0 cm³/mol. The van der Waals surface area contributed by atoms with Gasteiger partial charge in [0.1, 0.15) is 0 Å². The quantitative estimate of drug-likeness (QED) is 0.817. The van der Waals surface area contributed by atoms with Crippen molar-refractivity contribution < 1.29 is 9.47 Å². The Kier molecular flexibility index (Phi) is 3.55. The van der Waals surface area contributed by atoms with Gasteiger partial charge in [0, 0.05) is 10.6 Å². The number of hydrogen-bond acceptors (Lipinski definition) is 2. The number of halogens is 1. The summed E-state index contributed by atoms with van der Waals surface area (Å²) in [7, 11) is 3.26. The molecule has 2 aromatic rings. The maximum Gasteiger partial charge on any atom is 0.168 e. The van der Waals surface area contributed by atoms with Crippen molar-refractivity contribution in [3.05, 3.63) is 47.5 Å². The number of benzene rings is 2. The van der Waals surface area contributed by atoms with Gasteiger partial charge in [0.05, 0.1) is 14.2 Å². The molecule has 0 N–H and O–H groups in total. The van der Waals surface area contributed by atoms with Gasteiger partial charge >= 0.3 is 0 Å². The lowest BCUT2D eigenvalue weighted by molar-refractivity contribution is 0.356. The van der Waals surface area contributed by atoms with E-state index in [9.17, 15) is 0 Å². The summed E-state index contributed by atoms with van der Waals surface area (Å²) < 4.78 is 10.7. The van der Waals surface area contributed by atoms with Crippen LogP contribution in [0.15, 0.2) is 42.5 Å². The molecule has 0 unspecified atom stereocenters. The lowest BCUT2D eigenvalue weighted by Gasteiger charge is -2.12. The van der Waals surface area contributed by atoms with Crippen LogP contribution in [0.25, 0.3) is 11.1 Å². The second kappa shape index (κ2) is 5.11. The molecule has 88 valence electrons. The second-order valence-corrected chi connectivity index (χ2v) is 3.99. The summed E-state index contributed by atoms with van der Waals surface area (Å²) in [4.78, 5) is 0. The molecule has 2 rings (SSSR count). The Hall–Kier alpha value is -1.67. The van der Waals surface area contributed by atoms with Crippen molar-refractivity contribution in [2.24, 2.45) is 0 Å². The van der Waals surface area contributed by atoms with Crippen LogP contribution in [-0.2, 0) is 0 Å². The lowest BCUT2D eigenvalue weighted by atomic mass is 10.0. The van der Waals surface area contributed by atoms with E-state index in [1.807, 2.05) is 42.5 Å². The summed E-state index contributed by atoms with van der Waals surface area (Å²) >= 11 is 5.99. The molecule has 0 aliphatic rings. The minimum absolute atomic E-state index is 0.701. The van der Waals surface area contributed by atoms with Crippen molar-refractivity contribution in [1.82, 2.24) is 0 Å². The average Bonchev–Trinajstić information content (AvgIpc) is 2.37. The zero-order valence-electron chi connectivity index (χ0n) is 9.74. The number of rotatable bonds is 3. The number of para-hydroxylation sites is 1. The van der Waals surface area contributed by atoms with Crippen LogP contribution in [0.3, 0.4) is 0 Å². The first-order chi connectivity index (χ1) is 8.26. The van der Waals surface area contributed by atoms with Crippen LogP contribution in [-0.4, -0.2) is 14.2 Å².